The van der Waals surface area contributed by atoms with Crippen LogP contribution in [0.3, 0.4) is 0 Å². The molecule has 1 aromatic rings. The van der Waals surface area contributed by atoms with Crippen LogP contribution < -0.4 is 0 Å². The summed E-state index contributed by atoms with van der Waals surface area (Å²) in [6, 6.07) is 0. The molecule has 1 aromatic heterocycles. The van der Waals surface area contributed by atoms with Gasteiger partial charge in [-0.1, -0.05) is 25.0 Å². The summed E-state index contributed by atoms with van der Waals surface area (Å²) in [7, 11) is 0. The van der Waals surface area contributed by atoms with Crippen LogP contribution in [0.5, 0.6) is 0 Å². The van der Waals surface area contributed by atoms with Crippen molar-refractivity contribution in [2.75, 3.05) is 0 Å². The molecule has 0 amide bonds. The summed E-state index contributed by atoms with van der Waals surface area (Å²) in [4.78, 5) is 6.95. The van der Waals surface area contributed by atoms with E-state index in [1.165, 1.54) is 6.08 Å². The van der Waals surface area contributed by atoms with E-state index < -0.39 is 11.8 Å². The van der Waals surface area contributed by atoms with Crippen LogP contribution in [0.4, 0.5) is 4.39 Å². The fraction of sp³-hybridized carbons (Fsp3) is 0.500. The average molecular weight is 250 g/mol. The number of halogens is 1. The fourth-order valence-electron chi connectivity index (χ4n) is 2.35. The normalized spacial score (nSPS) is 25.6. The minimum absolute atomic E-state index is 0.352. The van der Waals surface area contributed by atoms with Gasteiger partial charge in [0.2, 0.25) is 0 Å². The predicted molar refractivity (Wildman–Crippen MR) is 68.8 cm³/mol. The van der Waals surface area contributed by atoms with E-state index in [1.807, 2.05) is 0 Å². The van der Waals surface area contributed by atoms with Gasteiger partial charge in [0.05, 0.1) is 0 Å². The van der Waals surface area contributed by atoms with Crippen LogP contribution in [-0.2, 0) is 0 Å². The predicted octanol–water partition coefficient (Wildman–Crippen LogP) is 3.23. The lowest BCUT2D eigenvalue weighted by molar-refractivity contribution is 0.200. The first-order valence-corrected chi connectivity index (χ1v) is 6.31. The van der Waals surface area contributed by atoms with Crippen molar-refractivity contribution < 1.29 is 9.50 Å². The lowest BCUT2D eigenvalue weighted by Gasteiger charge is -2.26. The van der Waals surface area contributed by atoms with E-state index in [1.54, 1.807) is 25.4 Å². The molecule has 2 atom stereocenters. The number of hydrogen-bond acceptors (Lipinski definition) is 2. The molecule has 0 radical (unpaired) electrons. The summed E-state index contributed by atoms with van der Waals surface area (Å²) in [5.74, 6) is 0.505. The molecule has 0 spiro atoms. The molecule has 0 bridgehead atoms. The van der Waals surface area contributed by atoms with E-state index in [-0.39, 0.29) is 0 Å². The van der Waals surface area contributed by atoms with E-state index in [2.05, 4.69) is 16.9 Å². The zero-order chi connectivity index (χ0) is 13.2. The van der Waals surface area contributed by atoms with Gasteiger partial charge in [-0.25, -0.2) is 9.37 Å². The highest BCUT2D eigenvalue weighted by atomic mass is 19.1. The zero-order valence-electron chi connectivity index (χ0n) is 10.8. The number of nitrogens with zero attached hydrogens (tertiary/aromatic N) is 1. The Labute approximate surface area is 106 Å². The molecule has 0 aliphatic heterocycles. The molecule has 2 N–H and O–H groups in total. The second-order valence-corrected chi connectivity index (χ2v) is 4.97. The topological polar surface area (TPSA) is 48.9 Å². The highest BCUT2D eigenvalue weighted by molar-refractivity contribution is 5.38. The molecule has 0 fully saturated rings. The Balaban J connectivity index is 2.31. The summed E-state index contributed by atoms with van der Waals surface area (Å²) in [6.45, 7) is 3.62. The quantitative estimate of drug-likeness (QED) is 0.862. The molecular weight excluding hydrogens is 231 g/mol. The fourth-order valence-corrected chi connectivity index (χ4v) is 2.35. The number of nitrogens with one attached hydrogen (secondary N) is 1. The van der Waals surface area contributed by atoms with Crippen LogP contribution in [-0.4, -0.2) is 20.7 Å². The van der Waals surface area contributed by atoms with Crippen molar-refractivity contribution in [1.82, 2.24) is 9.97 Å². The smallest absolute Gasteiger partial charge is 0.139 e. The maximum atomic E-state index is 14.0. The second-order valence-electron chi connectivity index (χ2n) is 4.97. The largest absolute Gasteiger partial charge is 0.380 e. The van der Waals surface area contributed by atoms with Crippen molar-refractivity contribution >= 4 is 0 Å². The third-order valence-corrected chi connectivity index (χ3v) is 3.20. The maximum absolute atomic E-state index is 14.0. The molecule has 18 heavy (non-hydrogen) atoms. The van der Waals surface area contributed by atoms with Gasteiger partial charge in [0.25, 0.3) is 0 Å². The van der Waals surface area contributed by atoms with Crippen molar-refractivity contribution in [3.63, 3.8) is 0 Å². The standard InChI is InChI=1S/C14H19FN2O/c1-3-4-10-9-14(2,15)6-5-11(10)12(18)13-16-7-8-17-13/h5-8,12,18H,3-4,9H2,1-2H3,(H,16,17)/t12-,14?/m0/s1. The minimum Gasteiger partial charge on any atom is -0.380 e. The average Bonchev–Trinajstić information content (AvgIpc) is 2.81. The van der Waals surface area contributed by atoms with Gasteiger partial charge in [-0.3, -0.25) is 0 Å². The van der Waals surface area contributed by atoms with Gasteiger partial charge in [0.15, 0.2) is 0 Å². The van der Waals surface area contributed by atoms with E-state index >= 15 is 0 Å². The molecule has 1 aliphatic carbocycles. The Morgan fingerprint density at radius 3 is 3.00 bits per heavy atom. The van der Waals surface area contributed by atoms with E-state index in [4.69, 9.17) is 0 Å². The van der Waals surface area contributed by atoms with Crippen molar-refractivity contribution in [3.8, 4) is 0 Å². The number of aromatic nitrogens is 2. The number of imidazole rings is 1. The number of alkyl halides is 1. The van der Waals surface area contributed by atoms with E-state index in [0.29, 0.717) is 12.2 Å². The number of hydrogen-bond donors (Lipinski definition) is 2. The zero-order valence-corrected chi connectivity index (χ0v) is 10.8. The molecule has 0 aromatic carbocycles. The van der Waals surface area contributed by atoms with Crippen molar-refractivity contribution in [1.29, 1.82) is 0 Å². The first-order valence-electron chi connectivity index (χ1n) is 6.31. The Morgan fingerprint density at radius 1 is 1.61 bits per heavy atom. The number of aliphatic hydroxyl groups excluding tert-OH is 1. The Morgan fingerprint density at radius 2 is 2.39 bits per heavy atom. The summed E-state index contributed by atoms with van der Waals surface area (Å²) < 4.78 is 14.0. The molecule has 4 heteroatoms. The monoisotopic (exact) mass is 250 g/mol. The number of aromatic amines is 1. The molecule has 2 rings (SSSR count). The molecule has 98 valence electrons. The lowest BCUT2D eigenvalue weighted by Crippen LogP contribution is -2.21. The molecule has 1 unspecified atom stereocenters. The Hall–Kier alpha value is -1.42. The summed E-state index contributed by atoms with van der Waals surface area (Å²) in [5.41, 5.74) is 0.451. The van der Waals surface area contributed by atoms with Crippen molar-refractivity contribution in [2.24, 2.45) is 0 Å². The van der Waals surface area contributed by atoms with Crippen LogP contribution in [0.15, 0.2) is 35.7 Å². The van der Waals surface area contributed by atoms with Gasteiger partial charge in [0.1, 0.15) is 17.6 Å². The highest BCUT2D eigenvalue weighted by Crippen LogP contribution is 2.36. The summed E-state index contributed by atoms with van der Waals surface area (Å²) in [6.07, 6.45) is 7.79. The molecular formula is C14H19FN2O. The third-order valence-electron chi connectivity index (χ3n) is 3.20. The molecule has 0 saturated carbocycles. The van der Waals surface area contributed by atoms with Crippen LogP contribution in [0.2, 0.25) is 0 Å². The first-order chi connectivity index (χ1) is 8.53. The van der Waals surface area contributed by atoms with Gasteiger partial charge in [-0.2, -0.15) is 0 Å². The Kier molecular flexibility index (Phi) is 3.66. The van der Waals surface area contributed by atoms with E-state index in [0.717, 1.165) is 24.0 Å². The number of allylic oxidation sites excluding steroid dienone is 2. The first kappa shape index (κ1) is 13.0. The van der Waals surface area contributed by atoms with Crippen molar-refractivity contribution in [3.05, 3.63) is 41.5 Å². The Bertz CT molecular complexity index is 460. The van der Waals surface area contributed by atoms with Crippen LogP contribution in [0.25, 0.3) is 0 Å². The summed E-state index contributed by atoms with van der Waals surface area (Å²) in [5, 5.41) is 10.3. The maximum Gasteiger partial charge on any atom is 0.139 e. The van der Waals surface area contributed by atoms with Crippen molar-refractivity contribution in [2.45, 2.75) is 44.9 Å². The van der Waals surface area contributed by atoms with E-state index in [9.17, 15) is 9.50 Å². The van der Waals surface area contributed by atoms with Gasteiger partial charge < -0.3 is 10.1 Å². The number of H-pyrrole nitrogens is 1. The van der Waals surface area contributed by atoms with Gasteiger partial charge >= 0.3 is 0 Å². The molecule has 1 heterocycles. The van der Waals surface area contributed by atoms with Gasteiger partial charge in [-0.05, 0) is 25.0 Å². The van der Waals surface area contributed by atoms with Crippen LogP contribution in [0, 0.1) is 0 Å². The number of rotatable bonds is 4. The lowest BCUT2D eigenvalue weighted by atomic mass is 9.84. The van der Waals surface area contributed by atoms with Gasteiger partial charge in [-0.15, -0.1) is 0 Å². The number of aliphatic hydroxyl groups is 1. The summed E-state index contributed by atoms with van der Waals surface area (Å²) >= 11 is 0. The highest BCUT2D eigenvalue weighted by Gasteiger charge is 2.29. The van der Waals surface area contributed by atoms with Crippen LogP contribution in [0.1, 0.15) is 45.0 Å². The molecule has 1 aliphatic rings. The SMILES string of the molecule is CCCC1=C([C@H](O)c2ncc[nH]2)C=CC(C)(F)C1. The second kappa shape index (κ2) is 5.06. The molecule has 0 saturated heterocycles. The molecule has 3 nitrogen and oxygen atoms in total. The third kappa shape index (κ3) is 2.70. The van der Waals surface area contributed by atoms with Gasteiger partial charge in [0, 0.05) is 18.8 Å². The minimum atomic E-state index is -1.31. The van der Waals surface area contributed by atoms with Crippen LogP contribution >= 0.6 is 0 Å².